The van der Waals surface area contributed by atoms with Gasteiger partial charge in [-0.25, -0.2) is 9.59 Å². The third-order valence-electron chi connectivity index (χ3n) is 2.11. The van der Waals surface area contributed by atoms with Crippen LogP contribution in [0.15, 0.2) is 30.2 Å². The number of thiophene rings is 1. The van der Waals surface area contributed by atoms with Crippen molar-refractivity contribution in [3.63, 3.8) is 0 Å². The fourth-order valence-corrected chi connectivity index (χ4v) is 1.92. The van der Waals surface area contributed by atoms with E-state index < -0.39 is 18.1 Å². The summed E-state index contributed by atoms with van der Waals surface area (Å²) in [7, 11) is 0. The van der Waals surface area contributed by atoms with Gasteiger partial charge in [0, 0.05) is 6.42 Å². The van der Waals surface area contributed by atoms with Gasteiger partial charge >= 0.3 is 12.1 Å². The maximum atomic E-state index is 11.8. The van der Waals surface area contributed by atoms with E-state index in [2.05, 4.69) is 16.6 Å². The number of carbonyl (C=O) groups excluding carboxylic acids is 2. The highest BCUT2D eigenvalue weighted by atomic mass is 32.1. The number of hydrogen-bond acceptors (Lipinski definition) is 5. The summed E-state index contributed by atoms with van der Waals surface area (Å²) in [6, 6.07) is 1.98. The Morgan fingerprint density at radius 3 is 2.79 bits per heavy atom. The first-order valence-electron chi connectivity index (χ1n) is 5.38. The van der Waals surface area contributed by atoms with E-state index in [-0.39, 0.29) is 18.8 Å². The van der Waals surface area contributed by atoms with Crippen LogP contribution >= 0.6 is 11.3 Å². The van der Waals surface area contributed by atoms with Crippen molar-refractivity contribution in [1.82, 2.24) is 5.32 Å². The first kappa shape index (κ1) is 14.9. The first-order chi connectivity index (χ1) is 9.04. The zero-order valence-electron chi connectivity index (χ0n) is 10.00. The van der Waals surface area contributed by atoms with Gasteiger partial charge in [-0.05, 0) is 11.4 Å². The molecule has 0 aromatic carbocycles. The number of carboxylic acids is 1. The molecular formula is C12H13NO5S. The zero-order chi connectivity index (χ0) is 14.3. The van der Waals surface area contributed by atoms with E-state index in [1.54, 1.807) is 17.5 Å². The summed E-state index contributed by atoms with van der Waals surface area (Å²) in [6.07, 6.45) is 0.136. The average molecular weight is 283 g/mol. The van der Waals surface area contributed by atoms with Crippen molar-refractivity contribution < 1.29 is 24.2 Å². The summed E-state index contributed by atoms with van der Waals surface area (Å²) < 4.78 is 4.60. The van der Waals surface area contributed by atoms with Crippen LogP contribution in [0.5, 0.6) is 0 Å². The fourth-order valence-electron chi connectivity index (χ4n) is 1.24. The number of alkyl carbamates (subject to hydrolysis) is 1. The Morgan fingerprint density at radius 1 is 1.53 bits per heavy atom. The lowest BCUT2D eigenvalue weighted by Crippen LogP contribution is -2.42. The van der Waals surface area contributed by atoms with E-state index >= 15 is 0 Å². The van der Waals surface area contributed by atoms with Gasteiger partial charge in [-0.3, -0.25) is 4.79 Å². The third-order valence-corrected chi connectivity index (χ3v) is 3.02. The monoisotopic (exact) mass is 283 g/mol. The second-order valence-corrected chi connectivity index (χ2v) is 4.47. The van der Waals surface area contributed by atoms with Crippen LogP contribution in [0.25, 0.3) is 0 Å². The van der Waals surface area contributed by atoms with Crippen LogP contribution in [0, 0.1) is 0 Å². The summed E-state index contributed by atoms with van der Waals surface area (Å²) in [6.45, 7) is 3.32. The number of hydrogen-bond donors (Lipinski definition) is 2. The number of Topliss-reactive ketones (excluding diaryl/α,β-unsaturated/α-hetero) is 1. The quantitative estimate of drug-likeness (QED) is 0.586. The molecule has 0 saturated carbocycles. The number of carboxylic acid groups (broad SMARTS) is 1. The molecular weight excluding hydrogens is 270 g/mol. The van der Waals surface area contributed by atoms with Gasteiger partial charge in [0.2, 0.25) is 0 Å². The molecule has 0 bridgehead atoms. The van der Waals surface area contributed by atoms with Crippen molar-refractivity contribution in [1.29, 1.82) is 0 Å². The molecule has 2 N–H and O–H groups in total. The minimum Gasteiger partial charge on any atom is -0.480 e. The predicted octanol–water partition coefficient (Wildman–Crippen LogP) is 1.69. The Bertz CT molecular complexity index is 468. The summed E-state index contributed by atoms with van der Waals surface area (Å²) >= 11 is 1.22. The van der Waals surface area contributed by atoms with Crippen LogP contribution in [-0.2, 0) is 9.53 Å². The lowest BCUT2D eigenvalue weighted by molar-refractivity contribution is -0.139. The third kappa shape index (κ3) is 4.92. The number of ether oxygens (including phenoxy) is 1. The van der Waals surface area contributed by atoms with Crippen molar-refractivity contribution in [2.45, 2.75) is 12.5 Å². The standard InChI is InChI=1S/C12H13NO5S/c1-2-5-18-12(17)13-8(11(15)16)7-9(14)10-4-3-6-19-10/h2-4,6,8H,1,5,7H2,(H,13,17)(H,15,16). The van der Waals surface area contributed by atoms with Crippen LogP contribution in [0.1, 0.15) is 16.1 Å². The van der Waals surface area contributed by atoms with Crippen LogP contribution in [0.4, 0.5) is 4.79 Å². The highest BCUT2D eigenvalue weighted by Crippen LogP contribution is 2.12. The first-order valence-corrected chi connectivity index (χ1v) is 6.26. The van der Waals surface area contributed by atoms with Crippen molar-refractivity contribution in [2.75, 3.05) is 6.61 Å². The number of rotatable bonds is 7. The van der Waals surface area contributed by atoms with Gasteiger partial charge in [-0.2, -0.15) is 0 Å². The molecule has 1 atom stereocenters. The number of aliphatic carboxylic acids is 1. The summed E-state index contributed by atoms with van der Waals surface area (Å²) in [4.78, 5) is 34.4. The average Bonchev–Trinajstić information content (AvgIpc) is 2.89. The van der Waals surface area contributed by atoms with Crippen LogP contribution in [0.2, 0.25) is 0 Å². The molecule has 0 radical (unpaired) electrons. The van der Waals surface area contributed by atoms with E-state index in [9.17, 15) is 14.4 Å². The number of carbonyl (C=O) groups is 3. The van der Waals surface area contributed by atoms with Crippen LogP contribution < -0.4 is 5.32 Å². The highest BCUT2D eigenvalue weighted by Gasteiger charge is 2.24. The van der Waals surface area contributed by atoms with Crippen molar-refractivity contribution in [2.24, 2.45) is 0 Å². The van der Waals surface area contributed by atoms with Crippen molar-refractivity contribution in [3.05, 3.63) is 35.0 Å². The van der Waals surface area contributed by atoms with Gasteiger partial charge in [0.05, 0.1) is 4.88 Å². The fraction of sp³-hybridized carbons (Fsp3) is 0.250. The molecule has 0 spiro atoms. The molecule has 1 amide bonds. The maximum Gasteiger partial charge on any atom is 0.408 e. The molecule has 0 aliphatic rings. The molecule has 0 fully saturated rings. The van der Waals surface area contributed by atoms with Crippen molar-refractivity contribution >= 4 is 29.2 Å². The Morgan fingerprint density at radius 2 is 2.26 bits per heavy atom. The molecule has 0 aliphatic carbocycles. The SMILES string of the molecule is C=CCOC(=O)NC(CC(=O)c1cccs1)C(=O)O. The molecule has 1 rings (SSSR count). The molecule has 1 aromatic rings. The molecule has 19 heavy (non-hydrogen) atoms. The zero-order valence-corrected chi connectivity index (χ0v) is 10.8. The van der Waals surface area contributed by atoms with Gasteiger partial charge in [-0.1, -0.05) is 18.7 Å². The van der Waals surface area contributed by atoms with Crippen LogP contribution in [0.3, 0.4) is 0 Å². The summed E-state index contributed by atoms with van der Waals surface area (Å²) in [5, 5.41) is 12.8. The molecule has 7 heteroatoms. The molecule has 102 valence electrons. The summed E-state index contributed by atoms with van der Waals surface area (Å²) in [5.74, 6) is -1.63. The molecule has 6 nitrogen and oxygen atoms in total. The molecule has 1 unspecified atom stereocenters. The molecule has 1 aromatic heterocycles. The largest absolute Gasteiger partial charge is 0.480 e. The molecule has 1 heterocycles. The normalized spacial score (nSPS) is 11.4. The van der Waals surface area contributed by atoms with Gasteiger partial charge in [0.1, 0.15) is 12.6 Å². The minimum absolute atomic E-state index is 0.0307. The Balaban J connectivity index is 2.58. The Kier molecular flexibility index (Phi) is 5.74. The lowest BCUT2D eigenvalue weighted by atomic mass is 10.1. The smallest absolute Gasteiger partial charge is 0.408 e. The number of ketones is 1. The van der Waals surface area contributed by atoms with E-state index in [1.165, 1.54) is 17.4 Å². The number of amides is 1. The summed E-state index contributed by atoms with van der Waals surface area (Å²) in [5.41, 5.74) is 0. The predicted molar refractivity (Wildman–Crippen MR) is 69.4 cm³/mol. The van der Waals surface area contributed by atoms with Gasteiger partial charge < -0.3 is 15.2 Å². The molecule has 0 aliphatic heterocycles. The van der Waals surface area contributed by atoms with E-state index in [0.29, 0.717) is 4.88 Å². The minimum atomic E-state index is -1.31. The second kappa shape index (κ2) is 7.32. The maximum absolute atomic E-state index is 11.8. The van der Waals surface area contributed by atoms with Crippen LogP contribution in [-0.4, -0.2) is 35.6 Å². The van der Waals surface area contributed by atoms with Gasteiger partial charge in [-0.15, -0.1) is 11.3 Å². The Hall–Kier alpha value is -2.15. The van der Waals surface area contributed by atoms with E-state index in [1.807, 2.05) is 0 Å². The lowest BCUT2D eigenvalue weighted by Gasteiger charge is -2.12. The van der Waals surface area contributed by atoms with E-state index in [0.717, 1.165) is 0 Å². The Labute approximate surface area is 113 Å². The van der Waals surface area contributed by atoms with Gasteiger partial charge in [0.15, 0.2) is 5.78 Å². The van der Waals surface area contributed by atoms with E-state index in [4.69, 9.17) is 5.11 Å². The highest BCUT2D eigenvalue weighted by molar-refractivity contribution is 7.12. The van der Waals surface area contributed by atoms with Crippen molar-refractivity contribution in [3.8, 4) is 0 Å². The molecule has 0 saturated heterocycles. The second-order valence-electron chi connectivity index (χ2n) is 3.53. The topological polar surface area (TPSA) is 92.7 Å². The van der Waals surface area contributed by atoms with Gasteiger partial charge in [0.25, 0.3) is 0 Å². The number of nitrogens with one attached hydrogen (secondary N) is 1.